The molecule has 0 bridgehead atoms. The maximum absolute atomic E-state index is 11.5. The van der Waals surface area contributed by atoms with Gasteiger partial charge in [-0.1, -0.05) is 25.4 Å². The number of ether oxygens (including phenoxy) is 1. The van der Waals surface area contributed by atoms with E-state index in [1.165, 1.54) is 0 Å². The second kappa shape index (κ2) is 6.49. The fraction of sp³-hybridized carbons (Fsp3) is 0.350. The van der Waals surface area contributed by atoms with E-state index >= 15 is 0 Å². The van der Waals surface area contributed by atoms with Crippen LogP contribution in [0.25, 0.3) is 0 Å². The summed E-state index contributed by atoms with van der Waals surface area (Å²) in [7, 11) is 5.34. The summed E-state index contributed by atoms with van der Waals surface area (Å²) in [5, 5.41) is 18.3. The summed E-state index contributed by atoms with van der Waals surface area (Å²) < 4.78 is 5.18. The summed E-state index contributed by atoms with van der Waals surface area (Å²) in [5.74, 6) is 0.786. The van der Waals surface area contributed by atoms with Crippen molar-refractivity contribution in [2.75, 3.05) is 31.1 Å². The molecule has 2 aromatic rings. The summed E-state index contributed by atoms with van der Waals surface area (Å²) in [6.45, 7) is 3.98. The van der Waals surface area contributed by atoms with E-state index in [2.05, 4.69) is 5.10 Å². The molecule has 1 aliphatic heterocycles. The van der Waals surface area contributed by atoms with Crippen LogP contribution in [0.4, 0.5) is 11.4 Å². The number of anilines is 2. The topological polar surface area (TPSA) is 48.3 Å². The number of halogens is 1. The lowest BCUT2D eigenvalue weighted by atomic mass is 9.78. The molecule has 0 aliphatic carbocycles. The van der Waals surface area contributed by atoms with Gasteiger partial charge in [-0.15, -0.1) is 0 Å². The van der Waals surface area contributed by atoms with Crippen molar-refractivity contribution in [3.8, 4) is 5.75 Å². The average molecular weight is 374 g/mol. The van der Waals surface area contributed by atoms with Gasteiger partial charge in [0.1, 0.15) is 5.75 Å². The van der Waals surface area contributed by atoms with Crippen molar-refractivity contribution in [1.82, 2.24) is 0 Å². The largest absolute Gasteiger partial charge is 0.497 e. The fourth-order valence-corrected chi connectivity index (χ4v) is 3.55. The predicted octanol–water partition coefficient (Wildman–Crippen LogP) is 3.89. The van der Waals surface area contributed by atoms with Crippen molar-refractivity contribution in [3.63, 3.8) is 0 Å². The minimum atomic E-state index is -1.28. The smallest absolute Gasteiger partial charge is 0.185 e. The van der Waals surface area contributed by atoms with Gasteiger partial charge in [-0.25, -0.2) is 0 Å². The number of methoxy groups -OCH3 is 1. The van der Waals surface area contributed by atoms with Gasteiger partial charge in [-0.3, -0.25) is 5.01 Å². The Labute approximate surface area is 159 Å². The Balaban J connectivity index is 1.91. The van der Waals surface area contributed by atoms with Gasteiger partial charge in [-0.05, 0) is 48.0 Å². The number of benzene rings is 2. The Bertz CT molecular complexity index is 835. The lowest BCUT2D eigenvalue weighted by Gasteiger charge is -2.38. The minimum Gasteiger partial charge on any atom is -0.497 e. The van der Waals surface area contributed by atoms with Crippen LogP contribution in [0.1, 0.15) is 19.4 Å². The van der Waals surface area contributed by atoms with Crippen LogP contribution < -0.4 is 14.6 Å². The number of likely N-dealkylation sites (N-methyl/N-ethyl adjacent to an activating group) is 1. The monoisotopic (exact) mass is 373 g/mol. The highest BCUT2D eigenvalue weighted by atomic mass is 35.5. The van der Waals surface area contributed by atoms with E-state index in [0.717, 1.165) is 22.7 Å². The van der Waals surface area contributed by atoms with Crippen LogP contribution >= 0.6 is 11.6 Å². The second-order valence-electron chi connectivity index (χ2n) is 7.04. The van der Waals surface area contributed by atoms with Gasteiger partial charge in [-0.2, -0.15) is 5.10 Å². The molecule has 0 fully saturated rings. The molecule has 0 aromatic heterocycles. The molecule has 1 heterocycles. The highest BCUT2D eigenvalue weighted by Gasteiger charge is 2.54. The number of aliphatic hydroxyl groups is 1. The molecular formula is C20H24ClN3O2. The van der Waals surface area contributed by atoms with E-state index in [1.807, 2.05) is 75.3 Å². The van der Waals surface area contributed by atoms with Crippen molar-refractivity contribution in [3.05, 3.63) is 53.1 Å². The third-order valence-corrected chi connectivity index (χ3v) is 5.52. The highest BCUT2D eigenvalue weighted by Crippen LogP contribution is 2.49. The standard InChI is InChI=1S/C20H24ClN3O2/c1-19(2)17-12-14(21)6-11-18(17)23(3)20(19,25)13-22-24(4)15-7-9-16(26-5)10-8-15/h6-13,25H,1-5H3/b22-13+. The molecule has 0 spiro atoms. The molecule has 5 nitrogen and oxygen atoms in total. The lowest BCUT2D eigenvalue weighted by molar-refractivity contribution is 0.0585. The Hall–Kier alpha value is -2.24. The number of hydrazone groups is 1. The number of fused-ring (bicyclic) bond motifs is 1. The molecule has 0 radical (unpaired) electrons. The molecule has 1 atom stereocenters. The van der Waals surface area contributed by atoms with E-state index in [-0.39, 0.29) is 0 Å². The molecule has 1 N–H and O–H groups in total. The molecule has 26 heavy (non-hydrogen) atoms. The molecule has 138 valence electrons. The number of hydrogen-bond donors (Lipinski definition) is 1. The first kappa shape index (κ1) is 18.5. The Kier molecular flexibility index (Phi) is 4.63. The third-order valence-electron chi connectivity index (χ3n) is 5.28. The molecule has 0 saturated carbocycles. The first-order valence-electron chi connectivity index (χ1n) is 8.40. The van der Waals surface area contributed by atoms with E-state index < -0.39 is 11.1 Å². The Morgan fingerprint density at radius 1 is 1.19 bits per heavy atom. The third kappa shape index (κ3) is 2.81. The van der Waals surface area contributed by atoms with Gasteiger partial charge in [0, 0.05) is 30.2 Å². The summed E-state index contributed by atoms with van der Waals surface area (Å²) in [5.41, 5.74) is 0.978. The Morgan fingerprint density at radius 2 is 1.85 bits per heavy atom. The molecule has 1 unspecified atom stereocenters. The summed E-state index contributed by atoms with van der Waals surface area (Å²) in [4.78, 5) is 1.84. The highest BCUT2D eigenvalue weighted by molar-refractivity contribution is 6.30. The van der Waals surface area contributed by atoms with Gasteiger partial charge >= 0.3 is 0 Å². The SMILES string of the molecule is COc1ccc(N(C)/N=C/C2(O)N(C)c3ccc(Cl)cc3C2(C)C)cc1. The van der Waals surface area contributed by atoms with Crippen LogP contribution in [0.15, 0.2) is 47.6 Å². The molecule has 0 saturated heterocycles. The first-order valence-corrected chi connectivity index (χ1v) is 8.77. The minimum absolute atomic E-state index is 0.577. The van der Waals surface area contributed by atoms with Gasteiger partial charge in [0.25, 0.3) is 0 Å². The summed E-state index contributed by atoms with van der Waals surface area (Å²) in [6, 6.07) is 13.2. The van der Waals surface area contributed by atoms with Crippen molar-refractivity contribution >= 4 is 29.2 Å². The second-order valence-corrected chi connectivity index (χ2v) is 7.47. The van der Waals surface area contributed by atoms with Crippen molar-refractivity contribution < 1.29 is 9.84 Å². The van der Waals surface area contributed by atoms with Crippen LogP contribution in [-0.2, 0) is 5.41 Å². The van der Waals surface area contributed by atoms with E-state index in [4.69, 9.17) is 16.3 Å². The van der Waals surface area contributed by atoms with Crippen LogP contribution in [0.2, 0.25) is 5.02 Å². The zero-order chi connectivity index (χ0) is 19.1. The molecule has 2 aromatic carbocycles. The number of nitrogens with zero attached hydrogens (tertiary/aromatic N) is 3. The summed E-state index contributed by atoms with van der Waals surface area (Å²) >= 11 is 6.17. The van der Waals surface area contributed by atoms with Crippen LogP contribution in [0.5, 0.6) is 5.75 Å². The van der Waals surface area contributed by atoms with E-state index in [1.54, 1.807) is 18.3 Å². The average Bonchev–Trinajstić information content (AvgIpc) is 2.78. The normalized spacial score (nSPS) is 21.1. The first-order chi connectivity index (χ1) is 12.2. The van der Waals surface area contributed by atoms with E-state index in [0.29, 0.717) is 5.02 Å². The molecule has 1 aliphatic rings. The molecule has 0 amide bonds. The molecule has 6 heteroatoms. The zero-order valence-electron chi connectivity index (χ0n) is 15.7. The molecular weight excluding hydrogens is 350 g/mol. The maximum atomic E-state index is 11.5. The van der Waals surface area contributed by atoms with Crippen LogP contribution in [0, 0.1) is 0 Å². The van der Waals surface area contributed by atoms with Crippen LogP contribution in [-0.4, -0.2) is 38.3 Å². The zero-order valence-corrected chi connectivity index (χ0v) is 16.4. The number of rotatable bonds is 4. The van der Waals surface area contributed by atoms with Gasteiger partial charge in [0.2, 0.25) is 0 Å². The van der Waals surface area contributed by atoms with Crippen molar-refractivity contribution in [2.45, 2.75) is 25.0 Å². The maximum Gasteiger partial charge on any atom is 0.185 e. The fourth-order valence-electron chi connectivity index (χ4n) is 3.38. The van der Waals surface area contributed by atoms with Crippen LogP contribution in [0.3, 0.4) is 0 Å². The Morgan fingerprint density at radius 3 is 2.46 bits per heavy atom. The number of hydrogen-bond acceptors (Lipinski definition) is 5. The van der Waals surface area contributed by atoms with Gasteiger partial charge < -0.3 is 14.7 Å². The summed E-state index contributed by atoms with van der Waals surface area (Å²) in [6.07, 6.45) is 1.59. The quantitative estimate of drug-likeness (QED) is 0.652. The van der Waals surface area contributed by atoms with E-state index in [9.17, 15) is 5.11 Å². The molecule has 3 rings (SSSR count). The predicted molar refractivity (Wildman–Crippen MR) is 108 cm³/mol. The van der Waals surface area contributed by atoms with Gasteiger partial charge in [0.05, 0.1) is 19.0 Å². The lowest BCUT2D eigenvalue weighted by Crippen LogP contribution is -2.56. The van der Waals surface area contributed by atoms with Crippen molar-refractivity contribution in [2.24, 2.45) is 5.10 Å². The van der Waals surface area contributed by atoms with Crippen molar-refractivity contribution in [1.29, 1.82) is 0 Å². The van der Waals surface area contributed by atoms with Gasteiger partial charge in [0.15, 0.2) is 5.72 Å².